The first-order chi connectivity index (χ1) is 10.6. The molecule has 0 spiro atoms. The molecule has 22 heavy (non-hydrogen) atoms. The second-order valence-corrected chi connectivity index (χ2v) is 6.71. The molecule has 0 aliphatic carbocycles. The number of fused-ring (bicyclic) bond motifs is 1. The minimum absolute atomic E-state index is 0.00561. The molecule has 0 saturated carbocycles. The first-order valence-corrected chi connectivity index (χ1v) is 8.17. The van der Waals surface area contributed by atoms with Crippen molar-refractivity contribution >= 4 is 33.1 Å². The third-order valence-electron chi connectivity index (χ3n) is 3.55. The number of aromatic nitrogens is 1. The summed E-state index contributed by atoms with van der Waals surface area (Å²) in [4.78, 5) is 17.2. The number of benzene rings is 2. The predicted molar refractivity (Wildman–Crippen MR) is 92.3 cm³/mol. The van der Waals surface area contributed by atoms with E-state index in [0.717, 1.165) is 11.3 Å². The molecular formula is C18H18N2OS. The Kier molecular flexibility index (Phi) is 4.20. The number of anilines is 1. The van der Waals surface area contributed by atoms with Crippen molar-refractivity contribution in [3.8, 4) is 0 Å². The third kappa shape index (κ3) is 3.17. The summed E-state index contributed by atoms with van der Waals surface area (Å²) in [7, 11) is 0. The number of carbonyl (C=O) groups is 1. The zero-order valence-electron chi connectivity index (χ0n) is 12.7. The third-order valence-corrected chi connectivity index (χ3v) is 4.47. The zero-order valence-corrected chi connectivity index (χ0v) is 13.5. The van der Waals surface area contributed by atoms with Gasteiger partial charge < -0.3 is 5.32 Å². The molecule has 112 valence electrons. The van der Waals surface area contributed by atoms with Gasteiger partial charge in [-0.15, -0.1) is 11.3 Å². The van der Waals surface area contributed by atoms with Gasteiger partial charge in [-0.05, 0) is 16.3 Å². The molecule has 4 heteroatoms. The summed E-state index contributed by atoms with van der Waals surface area (Å²) in [5.41, 5.74) is 1.28. The monoisotopic (exact) mass is 310 g/mol. The molecule has 0 saturated heterocycles. The van der Waals surface area contributed by atoms with Gasteiger partial charge in [-0.3, -0.25) is 4.79 Å². The Morgan fingerprint density at radius 1 is 1.18 bits per heavy atom. The molecule has 3 rings (SSSR count). The Labute approximate surface area is 134 Å². The van der Waals surface area contributed by atoms with Crippen LogP contribution in [0.5, 0.6) is 0 Å². The van der Waals surface area contributed by atoms with Crippen molar-refractivity contribution in [3.63, 3.8) is 0 Å². The highest BCUT2D eigenvalue weighted by atomic mass is 32.1. The molecule has 1 heterocycles. The van der Waals surface area contributed by atoms with Gasteiger partial charge in [0.2, 0.25) is 5.91 Å². The normalized spacial score (nSPS) is 11.0. The van der Waals surface area contributed by atoms with Crippen molar-refractivity contribution < 1.29 is 4.79 Å². The first-order valence-electron chi connectivity index (χ1n) is 7.35. The topological polar surface area (TPSA) is 42.0 Å². The molecule has 0 fully saturated rings. The van der Waals surface area contributed by atoms with Gasteiger partial charge in [0.15, 0.2) is 5.13 Å². The van der Waals surface area contributed by atoms with Gasteiger partial charge in [0, 0.05) is 23.4 Å². The van der Waals surface area contributed by atoms with E-state index < -0.39 is 0 Å². The summed E-state index contributed by atoms with van der Waals surface area (Å²) in [6, 6.07) is 14.7. The highest BCUT2D eigenvalue weighted by molar-refractivity contribution is 7.15. The molecule has 1 aromatic heterocycles. The summed E-state index contributed by atoms with van der Waals surface area (Å²) in [6.07, 6.45) is 2.68. The Balaban J connectivity index is 1.81. The molecule has 1 amide bonds. The molecular weight excluding hydrogens is 292 g/mol. The lowest BCUT2D eigenvalue weighted by Gasteiger charge is -2.05. The molecule has 0 radical (unpaired) electrons. The van der Waals surface area contributed by atoms with Gasteiger partial charge >= 0.3 is 0 Å². The maximum atomic E-state index is 11.7. The second-order valence-electron chi connectivity index (χ2n) is 5.59. The van der Waals surface area contributed by atoms with Gasteiger partial charge in [-0.1, -0.05) is 56.3 Å². The number of carbonyl (C=O) groups excluding carboxylic acids is 1. The first kappa shape index (κ1) is 14.7. The van der Waals surface area contributed by atoms with Gasteiger partial charge in [0.1, 0.15) is 0 Å². The lowest BCUT2D eigenvalue weighted by molar-refractivity contribution is -0.118. The van der Waals surface area contributed by atoms with Crippen LogP contribution in [0.15, 0.2) is 48.7 Å². The Bertz CT molecular complexity index is 802. The van der Waals surface area contributed by atoms with Crippen molar-refractivity contribution in [2.75, 3.05) is 5.32 Å². The fraction of sp³-hybridized carbons (Fsp3) is 0.222. The van der Waals surface area contributed by atoms with Crippen LogP contribution in [-0.4, -0.2) is 10.9 Å². The van der Waals surface area contributed by atoms with Crippen LogP contribution in [-0.2, 0) is 11.2 Å². The highest BCUT2D eigenvalue weighted by Crippen LogP contribution is 2.25. The number of nitrogens with one attached hydrogen (secondary N) is 1. The lowest BCUT2D eigenvalue weighted by Crippen LogP contribution is -2.17. The number of amides is 1. The second kappa shape index (κ2) is 6.28. The molecule has 0 unspecified atom stereocenters. The molecule has 3 nitrogen and oxygen atoms in total. The van der Waals surface area contributed by atoms with E-state index in [0.29, 0.717) is 5.13 Å². The summed E-state index contributed by atoms with van der Waals surface area (Å²) >= 11 is 1.54. The number of hydrogen-bond donors (Lipinski definition) is 1. The fourth-order valence-corrected chi connectivity index (χ4v) is 3.17. The maximum absolute atomic E-state index is 11.7. The number of hydrogen-bond acceptors (Lipinski definition) is 3. The van der Waals surface area contributed by atoms with Crippen molar-refractivity contribution in [3.05, 3.63) is 59.1 Å². The minimum atomic E-state index is -0.0367. The van der Waals surface area contributed by atoms with E-state index in [1.807, 2.05) is 20.0 Å². The van der Waals surface area contributed by atoms with Gasteiger partial charge in [0.25, 0.3) is 0 Å². The smallest absolute Gasteiger partial charge is 0.228 e. The van der Waals surface area contributed by atoms with Crippen LogP contribution in [0.1, 0.15) is 24.3 Å². The maximum Gasteiger partial charge on any atom is 0.228 e. The Morgan fingerprint density at radius 2 is 1.95 bits per heavy atom. The van der Waals surface area contributed by atoms with E-state index in [1.54, 1.807) is 0 Å². The van der Waals surface area contributed by atoms with Crippen molar-refractivity contribution in [2.45, 2.75) is 20.3 Å². The quantitative estimate of drug-likeness (QED) is 0.772. The van der Waals surface area contributed by atoms with Crippen LogP contribution in [0.25, 0.3) is 10.8 Å². The average molecular weight is 310 g/mol. The summed E-state index contributed by atoms with van der Waals surface area (Å²) < 4.78 is 0. The Hall–Kier alpha value is -2.20. The summed E-state index contributed by atoms with van der Waals surface area (Å²) in [5.74, 6) is -0.0310. The molecule has 2 aromatic carbocycles. The van der Waals surface area contributed by atoms with Crippen LogP contribution >= 0.6 is 11.3 Å². The van der Waals surface area contributed by atoms with Gasteiger partial charge in [-0.25, -0.2) is 4.98 Å². The molecule has 0 aliphatic heterocycles. The van der Waals surface area contributed by atoms with E-state index in [1.165, 1.54) is 27.7 Å². The van der Waals surface area contributed by atoms with E-state index >= 15 is 0 Å². The molecule has 0 aliphatic rings. The van der Waals surface area contributed by atoms with Crippen molar-refractivity contribution in [1.29, 1.82) is 0 Å². The van der Waals surface area contributed by atoms with Gasteiger partial charge in [0.05, 0.1) is 0 Å². The number of nitrogens with zero attached hydrogens (tertiary/aromatic N) is 1. The highest BCUT2D eigenvalue weighted by Gasteiger charge is 2.11. The number of rotatable bonds is 4. The SMILES string of the molecule is CC(C)C(=O)Nc1ncc(Cc2cccc3ccccc23)s1. The minimum Gasteiger partial charge on any atom is -0.302 e. The predicted octanol–water partition coefficient (Wildman–Crippen LogP) is 4.48. The van der Waals surface area contributed by atoms with Crippen LogP contribution in [0.2, 0.25) is 0 Å². The largest absolute Gasteiger partial charge is 0.302 e. The van der Waals surface area contributed by atoms with Crippen molar-refractivity contribution in [1.82, 2.24) is 4.98 Å². The van der Waals surface area contributed by atoms with Crippen LogP contribution in [0.4, 0.5) is 5.13 Å². The van der Waals surface area contributed by atoms with Crippen LogP contribution in [0.3, 0.4) is 0 Å². The standard InChI is InChI=1S/C18H18N2OS/c1-12(2)17(21)20-18-19-11-15(22-18)10-14-8-5-7-13-6-3-4-9-16(13)14/h3-9,11-12H,10H2,1-2H3,(H,19,20,21). The fourth-order valence-electron chi connectivity index (χ4n) is 2.33. The van der Waals surface area contributed by atoms with E-state index in [4.69, 9.17) is 0 Å². The lowest BCUT2D eigenvalue weighted by atomic mass is 10.0. The summed E-state index contributed by atoms with van der Waals surface area (Å²) in [6.45, 7) is 3.75. The van der Waals surface area contributed by atoms with E-state index in [-0.39, 0.29) is 11.8 Å². The molecule has 3 aromatic rings. The van der Waals surface area contributed by atoms with Gasteiger partial charge in [-0.2, -0.15) is 0 Å². The van der Waals surface area contributed by atoms with E-state index in [9.17, 15) is 4.79 Å². The average Bonchev–Trinajstić information content (AvgIpc) is 2.94. The molecule has 0 atom stereocenters. The summed E-state index contributed by atoms with van der Waals surface area (Å²) in [5, 5.41) is 6.05. The van der Waals surface area contributed by atoms with E-state index in [2.05, 4.69) is 52.8 Å². The van der Waals surface area contributed by atoms with Crippen molar-refractivity contribution in [2.24, 2.45) is 5.92 Å². The Morgan fingerprint density at radius 3 is 2.77 bits per heavy atom. The number of thiazole rings is 1. The zero-order chi connectivity index (χ0) is 15.5. The molecule has 1 N–H and O–H groups in total. The van der Waals surface area contributed by atoms with Crippen LogP contribution < -0.4 is 5.32 Å². The van der Waals surface area contributed by atoms with Crippen LogP contribution in [0, 0.1) is 5.92 Å². The molecule has 0 bridgehead atoms.